The molecule has 8 heteroatoms. The molecule has 0 saturated carbocycles. The number of carbonyl (C=O) groups excluding carboxylic acids is 1. The molecule has 2 aromatic heterocycles. The summed E-state index contributed by atoms with van der Waals surface area (Å²) in [7, 11) is 3.09. The van der Waals surface area contributed by atoms with Crippen molar-refractivity contribution in [1.29, 1.82) is 0 Å². The number of hydrogen-bond donors (Lipinski definition) is 1. The highest BCUT2D eigenvalue weighted by molar-refractivity contribution is 5.93. The summed E-state index contributed by atoms with van der Waals surface area (Å²) < 4.78 is 11.4. The molecular weight excluding hydrogens is 336 g/mol. The Morgan fingerprint density at radius 2 is 1.96 bits per heavy atom. The standard InChI is InChI=1S/C18H18N4O4/c1-25-11-10-20-17(23)15-18(24)22(12-5-7-13(26-2)8-6-12)16-14(21-15)4-3-9-19-16/h3-9H,10-11H2,1-2H3,(H,20,23). The fourth-order valence-corrected chi connectivity index (χ4v) is 2.49. The highest BCUT2D eigenvalue weighted by atomic mass is 16.5. The Morgan fingerprint density at radius 3 is 2.65 bits per heavy atom. The van der Waals surface area contributed by atoms with Crippen LogP contribution < -0.4 is 15.6 Å². The maximum absolute atomic E-state index is 12.9. The van der Waals surface area contributed by atoms with Crippen molar-refractivity contribution in [3.63, 3.8) is 0 Å². The Balaban J connectivity index is 2.15. The van der Waals surface area contributed by atoms with Crippen molar-refractivity contribution in [3.8, 4) is 11.4 Å². The number of methoxy groups -OCH3 is 2. The second-order valence-electron chi connectivity index (χ2n) is 5.39. The lowest BCUT2D eigenvalue weighted by molar-refractivity contribution is 0.0930. The molecule has 0 atom stereocenters. The van der Waals surface area contributed by atoms with Crippen molar-refractivity contribution in [3.05, 3.63) is 58.6 Å². The first kappa shape index (κ1) is 17.6. The van der Waals surface area contributed by atoms with E-state index in [0.29, 0.717) is 29.2 Å². The van der Waals surface area contributed by atoms with Gasteiger partial charge in [-0.25, -0.2) is 9.97 Å². The van der Waals surface area contributed by atoms with Gasteiger partial charge in [0.2, 0.25) is 0 Å². The summed E-state index contributed by atoms with van der Waals surface area (Å²) >= 11 is 0. The number of ether oxygens (including phenoxy) is 2. The van der Waals surface area contributed by atoms with E-state index >= 15 is 0 Å². The van der Waals surface area contributed by atoms with Gasteiger partial charge in [-0.1, -0.05) is 0 Å². The Hall–Kier alpha value is -3.26. The lowest BCUT2D eigenvalue weighted by Gasteiger charge is -2.12. The van der Waals surface area contributed by atoms with Crippen molar-refractivity contribution in [1.82, 2.24) is 19.9 Å². The van der Waals surface area contributed by atoms with Crippen LogP contribution in [0.25, 0.3) is 16.9 Å². The van der Waals surface area contributed by atoms with E-state index < -0.39 is 11.5 Å². The van der Waals surface area contributed by atoms with E-state index in [1.165, 1.54) is 11.7 Å². The number of carbonyl (C=O) groups is 1. The first-order valence-electron chi connectivity index (χ1n) is 7.95. The van der Waals surface area contributed by atoms with E-state index in [1.54, 1.807) is 49.7 Å². The van der Waals surface area contributed by atoms with Gasteiger partial charge in [0.15, 0.2) is 11.3 Å². The number of rotatable bonds is 6. The fourth-order valence-electron chi connectivity index (χ4n) is 2.49. The van der Waals surface area contributed by atoms with Gasteiger partial charge in [0, 0.05) is 19.9 Å². The van der Waals surface area contributed by atoms with Gasteiger partial charge in [-0.05, 0) is 36.4 Å². The molecule has 1 aromatic carbocycles. The molecule has 8 nitrogen and oxygen atoms in total. The quantitative estimate of drug-likeness (QED) is 0.668. The third-order valence-electron chi connectivity index (χ3n) is 3.75. The van der Waals surface area contributed by atoms with Gasteiger partial charge in [0.25, 0.3) is 11.5 Å². The van der Waals surface area contributed by atoms with Crippen LogP contribution in [-0.4, -0.2) is 47.8 Å². The van der Waals surface area contributed by atoms with Gasteiger partial charge in [0.05, 0.1) is 19.4 Å². The number of amides is 1. The lowest BCUT2D eigenvalue weighted by atomic mass is 10.2. The van der Waals surface area contributed by atoms with Crippen LogP contribution in [0.3, 0.4) is 0 Å². The van der Waals surface area contributed by atoms with Gasteiger partial charge in [0.1, 0.15) is 11.3 Å². The molecule has 0 unspecified atom stereocenters. The van der Waals surface area contributed by atoms with Crippen LogP contribution in [-0.2, 0) is 4.74 Å². The third kappa shape index (κ3) is 3.40. The van der Waals surface area contributed by atoms with Gasteiger partial charge in [-0.15, -0.1) is 0 Å². The SMILES string of the molecule is COCCNC(=O)c1nc2cccnc2n(-c2ccc(OC)cc2)c1=O. The van der Waals surface area contributed by atoms with Crippen molar-refractivity contribution >= 4 is 17.1 Å². The number of fused-ring (bicyclic) bond motifs is 1. The summed E-state index contributed by atoms with van der Waals surface area (Å²) in [5.41, 5.74) is 0.637. The predicted octanol–water partition coefficient (Wildman–Crippen LogP) is 1.17. The fraction of sp³-hybridized carbons (Fsp3) is 0.222. The molecule has 26 heavy (non-hydrogen) atoms. The molecule has 1 amide bonds. The van der Waals surface area contributed by atoms with E-state index in [1.807, 2.05) is 0 Å². The first-order chi connectivity index (χ1) is 12.7. The second kappa shape index (κ2) is 7.75. The normalized spacial score (nSPS) is 10.7. The van der Waals surface area contributed by atoms with Crippen LogP contribution in [0.5, 0.6) is 5.75 Å². The largest absolute Gasteiger partial charge is 0.497 e. The third-order valence-corrected chi connectivity index (χ3v) is 3.75. The minimum atomic E-state index is -0.555. The van der Waals surface area contributed by atoms with Gasteiger partial charge in [-0.2, -0.15) is 0 Å². The highest BCUT2D eigenvalue weighted by Gasteiger charge is 2.18. The zero-order chi connectivity index (χ0) is 18.5. The molecular formula is C18H18N4O4. The number of nitrogens with zero attached hydrogens (tertiary/aromatic N) is 3. The Labute approximate surface area is 149 Å². The molecule has 3 rings (SSSR count). The zero-order valence-electron chi connectivity index (χ0n) is 14.4. The summed E-state index contributed by atoms with van der Waals surface area (Å²) in [6, 6.07) is 10.3. The molecule has 0 aliphatic heterocycles. The predicted molar refractivity (Wildman–Crippen MR) is 95.9 cm³/mol. The highest BCUT2D eigenvalue weighted by Crippen LogP contribution is 2.17. The number of benzene rings is 1. The molecule has 0 aliphatic carbocycles. The molecule has 0 aliphatic rings. The van der Waals surface area contributed by atoms with E-state index in [2.05, 4.69) is 15.3 Å². The summed E-state index contributed by atoms with van der Waals surface area (Å²) in [4.78, 5) is 33.8. The van der Waals surface area contributed by atoms with Crippen molar-refractivity contribution in [2.45, 2.75) is 0 Å². The molecule has 0 bridgehead atoms. The number of nitrogens with one attached hydrogen (secondary N) is 1. The maximum atomic E-state index is 12.9. The lowest BCUT2D eigenvalue weighted by Crippen LogP contribution is -2.35. The number of aromatic nitrogens is 3. The zero-order valence-corrected chi connectivity index (χ0v) is 14.4. The number of hydrogen-bond acceptors (Lipinski definition) is 6. The maximum Gasteiger partial charge on any atom is 0.288 e. The molecule has 0 spiro atoms. The summed E-state index contributed by atoms with van der Waals surface area (Å²) in [5.74, 6) is 0.103. The van der Waals surface area contributed by atoms with Crippen molar-refractivity contribution in [2.75, 3.05) is 27.4 Å². The molecule has 2 heterocycles. The van der Waals surface area contributed by atoms with Gasteiger partial charge < -0.3 is 14.8 Å². The molecule has 0 fully saturated rings. The Bertz CT molecular complexity index is 983. The van der Waals surface area contributed by atoms with Crippen molar-refractivity contribution in [2.24, 2.45) is 0 Å². The van der Waals surface area contributed by atoms with Crippen molar-refractivity contribution < 1.29 is 14.3 Å². The number of pyridine rings is 1. The van der Waals surface area contributed by atoms with Crippen LogP contribution in [0.15, 0.2) is 47.4 Å². The van der Waals surface area contributed by atoms with E-state index in [9.17, 15) is 9.59 Å². The van der Waals surface area contributed by atoms with Crippen LogP contribution in [0.1, 0.15) is 10.5 Å². The summed E-state index contributed by atoms with van der Waals surface area (Å²) in [6.45, 7) is 0.623. The van der Waals surface area contributed by atoms with Crippen LogP contribution in [0.4, 0.5) is 0 Å². The molecule has 0 saturated heterocycles. The van der Waals surface area contributed by atoms with E-state index in [-0.39, 0.29) is 12.2 Å². The second-order valence-corrected chi connectivity index (χ2v) is 5.39. The molecule has 134 valence electrons. The van der Waals surface area contributed by atoms with Gasteiger partial charge in [-0.3, -0.25) is 14.2 Å². The van der Waals surface area contributed by atoms with Gasteiger partial charge >= 0.3 is 0 Å². The monoisotopic (exact) mass is 354 g/mol. The minimum absolute atomic E-state index is 0.197. The van der Waals surface area contributed by atoms with Crippen LogP contribution in [0.2, 0.25) is 0 Å². The molecule has 1 N–H and O–H groups in total. The molecule has 0 radical (unpaired) electrons. The Morgan fingerprint density at radius 1 is 1.19 bits per heavy atom. The van der Waals surface area contributed by atoms with E-state index in [0.717, 1.165) is 0 Å². The smallest absolute Gasteiger partial charge is 0.288 e. The molecule has 3 aromatic rings. The first-order valence-corrected chi connectivity index (χ1v) is 7.95. The minimum Gasteiger partial charge on any atom is -0.497 e. The van der Waals surface area contributed by atoms with E-state index in [4.69, 9.17) is 9.47 Å². The summed E-state index contributed by atoms with van der Waals surface area (Å²) in [5, 5.41) is 2.62. The average Bonchev–Trinajstić information content (AvgIpc) is 2.68. The average molecular weight is 354 g/mol. The topological polar surface area (TPSA) is 95.3 Å². The van der Waals surface area contributed by atoms with Crippen LogP contribution >= 0.6 is 0 Å². The Kier molecular flexibility index (Phi) is 5.23. The van der Waals surface area contributed by atoms with Crippen LogP contribution in [0, 0.1) is 0 Å². The summed E-state index contributed by atoms with van der Waals surface area (Å²) in [6.07, 6.45) is 1.57.